The molecule has 0 spiro atoms. The van der Waals surface area contributed by atoms with E-state index in [0.29, 0.717) is 0 Å². The molecule has 2 aliphatic rings. The molecule has 0 saturated carbocycles. The van der Waals surface area contributed by atoms with Crippen molar-refractivity contribution in [3.63, 3.8) is 0 Å². The summed E-state index contributed by atoms with van der Waals surface area (Å²) < 4.78 is 10.9. The van der Waals surface area contributed by atoms with Crippen molar-refractivity contribution in [1.29, 1.82) is 0 Å². The van der Waals surface area contributed by atoms with Crippen LogP contribution in [0.1, 0.15) is 39.5 Å². The van der Waals surface area contributed by atoms with Crippen LogP contribution in [0.5, 0.6) is 0 Å². The van der Waals surface area contributed by atoms with E-state index in [0.717, 1.165) is 13.8 Å². The van der Waals surface area contributed by atoms with Gasteiger partial charge >= 0.3 is 0 Å². The third-order valence-corrected chi connectivity index (χ3v) is 8.74. The summed E-state index contributed by atoms with van der Waals surface area (Å²) >= 11 is 0. The number of nitrogens with one attached hydrogen (secondary N) is 2. The summed E-state index contributed by atoms with van der Waals surface area (Å²) in [5.41, 5.74) is -3.58. The van der Waals surface area contributed by atoms with Gasteiger partial charge in [-0.1, -0.05) is 0 Å². The monoisotopic (exact) mass is 734 g/mol. The second-order valence-corrected chi connectivity index (χ2v) is 12.9. The van der Waals surface area contributed by atoms with Crippen LogP contribution in [0, 0.1) is 0 Å². The molecule has 2 heterocycles. The molecule has 0 unspecified atom stereocenters. The summed E-state index contributed by atoms with van der Waals surface area (Å²) in [5.74, 6) is -9.30. The van der Waals surface area contributed by atoms with E-state index < -0.39 is 160 Å². The quantitative estimate of drug-likeness (QED) is 0.0659. The first-order valence-electron chi connectivity index (χ1n) is 15.5. The van der Waals surface area contributed by atoms with Gasteiger partial charge in [0, 0.05) is 33.1 Å². The fourth-order valence-corrected chi connectivity index (χ4v) is 6.16. The smallest absolute Gasteiger partial charge is 0.217 e. The summed E-state index contributed by atoms with van der Waals surface area (Å²) in [7, 11) is 0. The maximum Gasteiger partial charge on any atom is 0.217 e. The highest BCUT2D eigenvalue weighted by Gasteiger charge is 2.60. The number of rotatable bonds is 17. The van der Waals surface area contributed by atoms with Crippen molar-refractivity contribution >= 4 is 17.6 Å². The number of carbonyl (C=O) groups is 3. The fraction of sp³-hybridized carbons (Fsp3) is 0.893. The number of hydrogen-bond donors (Lipinski definition) is 17. The predicted octanol–water partition coefficient (Wildman–Crippen LogP) is -9.74. The van der Waals surface area contributed by atoms with E-state index in [2.05, 4.69) is 10.6 Å². The van der Waals surface area contributed by atoms with Gasteiger partial charge in [0.25, 0.3) is 0 Å². The molecule has 2 aliphatic heterocycles. The molecular weight excluding hydrogens is 684 g/mol. The minimum absolute atomic E-state index is 0.776. The zero-order valence-electron chi connectivity index (χ0n) is 27.2. The van der Waals surface area contributed by atoms with Gasteiger partial charge in [0.15, 0.2) is 23.0 Å². The van der Waals surface area contributed by atoms with Gasteiger partial charge in [-0.15, -0.1) is 0 Å². The second kappa shape index (κ2) is 17.6. The highest BCUT2D eigenvalue weighted by atomic mass is 16.6. The molecule has 2 fully saturated rings. The van der Waals surface area contributed by atoms with E-state index >= 15 is 0 Å². The van der Waals surface area contributed by atoms with Gasteiger partial charge in [0.05, 0.1) is 50.5 Å². The van der Waals surface area contributed by atoms with Crippen LogP contribution in [-0.2, 0) is 23.9 Å². The van der Waals surface area contributed by atoms with Gasteiger partial charge < -0.3 is 96.7 Å². The van der Waals surface area contributed by atoms with Gasteiger partial charge in [-0.25, -0.2) is 0 Å². The van der Waals surface area contributed by atoms with Crippen molar-refractivity contribution in [2.45, 2.75) is 136 Å². The largest absolute Gasteiger partial charge is 0.394 e. The molecule has 17 N–H and O–H groups in total. The number of carbonyl (C=O) groups excluding carboxylic acids is 3. The van der Waals surface area contributed by atoms with Gasteiger partial charge in [-0.3, -0.25) is 14.4 Å². The maximum absolute atomic E-state index is 13.9. The first-order chi connectivity index (χ1) is 23.0. The van der Waals surface area contributed by atoms with Crippen LogP contribution in [-0.4, -0.2) is 210 Å². The van der Waals surface area contributed by atoms with Crippen molar-refractivity contribution in [2.75, 3.05) is 19.8 Å². The molecule has 0 radical (unpaired) electrons. The van der Waals surface area contributed by atoms with Gasteiger partial charge in [0.2, 0.25) is 11.8 Å². The Bertz CT molecular complexity index is 1150. The Hall–Kier alpha value is -2.07. The average molecular weight is 735 g/mol. The van der Waals surface area contributed by atoms with Gasteiger partial charge in [-0.2, -0.15) is 0 Å². The molecule has 50 heavy (non-hydrogen) atoms. The molecule has 2 amide bonds. The topological polar surface area (TPSA) is 397 Å². The number of ketones is 1. The predicted molar refractivity (Wildman–Crippen MR) is 159 cm³/mol. The Morgan fingerprint density at radius 2 is 1.10 bits per heavy atom. The number of aliphatic hydroxyl groups excluding tert-OH is 12. The molecule has 0 aromatic carbocycles. The molecule has 0 aliphatic carbocycles. The van der Waals surface area contributed by atoms with E-state index in [-0.39, 0.29) is 0 Å². The van der Waals surface area contributed by atoms with Crippen molar-refractivity contribution < 1.29 is 100 Å². The third kappa shape index (κ3) is 10.3. The zero-order chi connectivity index (χ0) is 38.5. The van der Waals surface area contributed by atoms with Crippen LogP contribution in [0.2, 0.25) is 0 Å². The molecule has 22 nitrogen and oxygen atoms in total. The van der Waals surface area contributed by atoms with E-state index in [1.165, 1.54) is 0 Å². The first kappa shape index (κ1) is 44.1. The Morgan fingerprint density at radius 3 is 1.48 bits per heavy atom. The lowest BCUT2D eigenvalue weighted by Gasteiger charge is -2.50. The zero-order valence-corrected chi connectivity index (χ0v) is 27.2. The molecule has 2 saturated heterocycles. The molecular formula is C28H50N2O20. The summed E-state index contributed by atoms with van der Waals surface area (Å²) in [4.78, 5) is 37.4. The van der Waals surface area contributed by atoms with Crippen molar-refractivity contribution in [3.05, 3.63) is 0 Å². The second-order valence-electron chi connectivity index (χ2n) is 12.9. The number of aliphatic hydroxyl groups is 15. The summed E-state index contributed by atoms with van der Waals surface area (Å²) in [6, 6.07) is -3.15. The number of hydrogen-bond acceptors (Lipinski definition) is 20. The van der Waals surface area contributed by atoms with Crippen molar-refractivity contribution in [3.8, 4) is 0 Å². The number of ether oxygens (including phenoxy) is 2. The van der Waals surface area contributed by atoms with E-state index in [4.69, 9.17) is 9.47 Å². The highest BCUT2D eigenvalue weighted by molar-refractivity contribution is 5.88. The molecule has 0 aromatic heterocycles. The van der Waals surface area contributed by atoms with Crippen molar-refractivity contribution in [1.82, 2.24) is 10.6 Å². The normalized spacial score (nSPS) is 35.8. The lowest BCUT2D eigenvalue weighted by atomic mass is 9.75. The Morgan fingerprint density at radius 1 is 0.720 bits per heavy atom. The average Bonchev–Trinajstić information content (AvgIpc) is 3.03. The van der Waals surface area contributed by atoms with Crippen LogP contribution in [0.3, 0.4) is 0 Å². The summed E-state index contributed by atoms with van der Waals surface area (Å²) in [6.45, 7) is -1.39. The Balaban J connectivity index is 2.58. The van der Waals surface area contributed by atoms with Crippen LogP contribution < -0.4 is 10.6 Å². The highest BCUT2D eigenvalue weighted by Crippen LogP contribution is 2.40. The van der Waals surface area contributed by atoms with Crippen LogP contribution in [0.4, 0.5) is 0 Å². The summed E-state index contributed by atoms with van der Waals surface area (Å²) in [6.07, 6.45) is -28.8. The van der Waals surface area contributed by atoms with Gasteiger partial charge in [-0.05, 0) is 0 Å². The SMILES string of the molecule is CC(=O)N[C@H]1[C@H]([C@H](O)[C@H](O)CO)O[C@](O)(C[C@](O)(C(=O)C[C@]2(O)C[C@H](O)[C@@H](NC(C)=O)[C@H]([C@H](O)[C@H](O)CO)O2)[C@@H](O)[C@@H](O)[C@H](O)CO)C[C@@H]1O. The maximum atomic E-state index is 13.9. The standard InChI is InChI=1S/C28H50N2O20/c1-10(34)29-18-12(36)3-26(46,49-23(18)20(42)14(38)6-31)5-17(41)28(48,25(45)22(44)16(40)8-33)9-27(47)4-13(37)19(30-11(2)35)24(50-27)21(43)15(39)7-32/h12-16,18-25,31-33,36-40,42-48H,3-9H2,1-2H3,(H,29,34)(H,30,35)/t12-,13-,14+,15+,16+,18+,19+,20+,21+,22-,23+,24+,25-,26-,27-,28-/m0/s1. The van der Waals surface area contributed by atoms with Crippen LogP contribution >= 0.6 is 0 Å². The Kier molecular flexibility index (Phi) is 15.5. The molecule has 0 bridgehead atoms. The van der Waals surface area contributed by atoms with E-state index in [1.54, 1.807) is 0 Å². The van der Waals surface area contributed by atoms with Gasteiger partial charge in [0.1, 0.15) is 54.9 Å². The van der Waals surface area contributed by atoms with Crippen molar-refractivity contribution in [2.24, 2.45) is 0 Å². The number of Topliss-reactive ketones (excluding diaryl/α,β-unsaturated/α-hetero) is 1. The minimum atomic E-state index is -3.58. The lowest BCUT2D eigenvalue weighted by Crippen LogP contribution is -2.69. The van der Waals surface area contributed by atoms with E-state index in [9.17, 15) is 91.0 Å². The molecule has 0 aromatic rings. The minimum Gasteiger partial charge on any atom is -0.394 e. The van der Waals surface area contributed by atoms with Crippen LogP contribution in [0.15, 0.2) is 0 Å². The summed E-state index contributed by atoms with van der Waals surface area (Å²) in [5, 5.41) is 161. The third-order valence-electron chi connectivity index (χ3n) is 8.74. The molecule has 16 atom stereocenters. The first-order valence-corrected chi connectivity index (χ1v) is 15.5. The Labute approximate surface area is 284 Å². The van der Waals surface area contributed by atoms with Crippen LogP contribution in [0.25, 0.3) is 0 Å². The fourth-order valence-electron chi connectivity index (χ4n) is 6.16. The number of amides is 2. The molecule has 292 valence electrons. The lowest BCUT2D eigenvalue weighted by molar-refractivity contribution is -0.322. The molecule has 22 heteroatoms. The van der Waals surface area contributed by atoms with E-state index in [1.807, 2.05) is 0 Å². The molecule has 2 rings (SSSR count).